The SMILES string of the molecule is FC1(F)C=C(Br)C(F)(F)C(F)(F)C1(F)F. The van der Waals surface area contributed by atoms with Gasteiger partial charge in [-0.1, -0.05) is 0 Å². The molecule has 0 aromatic carbocycles. The molecule has 0 spiro atoms. The lowest BCUT2D eigenvalue weighted by molar-refractivity contribution is -0.353. The number of alkyl halides is 8. The minimum absolute atomic E-state index is 0.912. The van der Waals surface area contributed by atoms with E-state index in [4.69, 9.17) is 0 Å². The van der Waals surface area contributed by atoms with Crippen LogP contribution in [0.5, 0.6) is 0 Å². The summed E-state index contributed by atoms with van der Waals surface area (Å²) in [4.78, 5) is 0. The molecule has 0 aromatic heterocycles. The van der Waals surface area contributed by atoms with Gasteiger partial charge in [0.25, 0.3) is 0 Å². The van der Waals surface area contributed by atoms with Gasteiger partial charge in [0.05, 0.1) is 4.48 Å². The van der Waals surface area contributed by atoms with E-state index in [0.29, 0.717) is 0 Å². The summed E-state index contributed by atoms with van der Waals surface area (Å²) in [6.07, 6.45) is -0.912. The molecule has 0 radical (unpaired) electrons. The summed E-state index contributed by atoms with van der Waals surface area (Å²) in [7, 11) is 0. The van der Waals surface area contributed by atoms with E-state index in [0.717, 1.165) is 0 Å². The third-order valence-electron chi connectivity index (χ3n) is 1.82. The molecule has 0 atom stereocenters. The third-order valence-corrected chi connectivity index (χ3v) is 2.54. The van der Waals surface area contributed by atoms with E-state index < -0.39 is 34.2 Å². The Labute approximate surface area is 86.1 Å². The zero-order valence-corrected chi connectivity index (χ0v) is 8.07. The maximum absolute atomic E-state index is 12.5. The Hall–Kier alpha value is -0.340. The minimum atomic E-state index is -6.16. The molecule has 0 saturated heterocycles. The third kappa shape index (κ3) is 1.31. The first-order valence-corrected chi connectivity index (χ1v) is 4.07. The molecule has 1 aliphatic carbocycles. The lowest BCUT2D eigenvalue weighted by Crippen LogP contribution is -2.64. The molecule has 0 amide bonds. The molecule has 0 heterocycles. The first-order chi connectivity index (χ1) is 6.38. The van der Waals surface area contributed by atoms with Gasteiger partial charge in [0.15, 0.2) is 0 Å². The molecular formula is C6HBrF8. The van der Waals surface area contributed by atoms with E-state index in [1.54, 1.807) is 15.9 Å². The van der Waals surface area contributed by atoms with Gasteiger partial charge >= 0.3 is 23.7 Å². The van der Waals surface area contributed by atoms with Crippen LogP contribution in [0.1, 0.15) is 0 Å². The second-order valence-corrected chi connectivity index (χ2v) is 3.69. The summed E-state index contributed by atoms with van der Waals surface area (Å²) in [5.74, 6) is -23.0. The summed E-state index contributed by atoms with van der Waals surface area (Å²) in [6.45, 7) is 0. The average Bonchev–Trinajstić information content (AvgIpc) is 2.00. The maximum Gasteiger partial charge on any atom is 0.383 e. The Morgan fingerprint density at radius 2 is 1.20 bits per heavy atom. The van der Waals surface area contributed by atoms with Crippen molar-refractivity contribution in [2.24, 2.45) is 0 Å². The highest BCUT2D eigenvalue weighted by Crippen LogP contribution is 2.60. The zero-order chi connectivity index (χ0) is 12.3. The molecule has 1 rings (SSSR count). The molecule has 0 nitrogen and oxygen atoms in total. The van der Waals surface area contributed by atoms with Crippen molar-refractivity contribution in [1.82, 2.24) is 0 Å². The molecule has 15 heavy (non-hydrogen) atoms. The second-order valence-electron chi connectivity index (χ2n) is 2.84. The van der Waals surface area contributed by atoms with Crippen LogP contribution in [-0.4, -0.2) is 23.7 Å². The lowest BCUT2D eigenvalue weighted by Gasteiger charge is -2.39. The Kier molecular flexibility index (Phi) is 2.43. The topological polar surface area (TPSA) is 0 Å². The second kappa shape index (κ2) is 2.86. The van der Waals surface area contributed by atoms with Gasteiger partial charge in [0.1, 0.15) is 0 Å². The predicted octanol–water partition coefficient (Wildman–Crippen LogP) is 3.82. The molecule has 9 heteroatoms. The van der Waals surface area contributed by atoms with Gasteiger partial charge in [-0.3, -0.25) is 0 Å². The number of rotatable bonds is 0. The van der Waals surface area contributed by atoms with E-state index in [1.807, 2.05) is 0 Å². The summed E-state index contributed by atoms with van der Waals surface area (Å²) in [5.41, 5.74) is 0. The van der Waals surface area contributed by atoms with Crippen LogP contribution in [0.4, 0.5) is 35.1 Å². The van der Waals surface area contributed by atoms with Crippen LogP contribution in [0.3, 0.4) is 0 Å². The van der Waals surface area contributed by atoms with Crippen LogP contribution in [-0.2, 0) is 0 Å². The fourth-order valence-electron chi connectivity index (χ4n) is 0.897. The van der Waals surface area contributed by atoms with Crippen molar-refractivity contribution in [3.05, 3.63) is 10.6 Å². The molecular weight excluding hydrogens is 304 g/mol. The Morgan fingerprint density at radius 3 is 1.60 bits per heavy atom. The van der Waals surface area contributed by atoms with E-state index in [2.05, 4.69) is 0 Å². The van der Waals surface area contributed by atoms with Gasteiger partial charge in [-0.25, -0.2) is 0 Å². The highest BCUT2D eigenvalue weighted by atomic mass is 79.9. The van der Waals surface area contributed by atoms with E-state index in [-0.39, 0.29) is 0 Å². The summed E-state index contributed by atoms with van der Waals surface area (Å²) < 4.78 is 97.6. The zero-order valence-electron chi connectivity index (χ0n) is 6.48. The number of hydrogen-bond donors (Lipinski definition) is 0. The van der Waals surface area contributed by atoms with Crippen molar-refractivity contribution in [2.75, 3.05) is 0 Å². The van der Waals surface area contributed by atoms with E-state index in [1.165, 1.54) is 0 Å². The van der Waals surface area contributed by atoms with Crippen LogP contribution in [0, 0.1) is 0 Å². The van der Waals surface area contributed by atoms with Crippen molar-refractivity contribution in [1.29, 1.82) is 0 Å². The Morgan fingerprint density at radius 1 is 0.800 bits per heavy atom. The minimum Gasteiger partial charge on any atom is -0.195 e. The summed E-state index contributed by atoms with van der Waals surface area (Å²) in [5, 5.41) is 0. The number of halogens is 9. The molecule has 0 aromatic rings. The smallest absolute Gasteiger partial charge is 0.195 e. The van der Waals surface area contributed by atoms with Gasteiger partial charge in [-0.15, -0.1) is 0 Å². The molecule has 0 N–H and O–H groups in total. The molecule has 0 bridgehead atoms. The Balaban J connectivity index is 3.49. The monoisotopic (exact) mass is 304 g/mol. The molecule has 1 aliphatic rings. The molecule has 0 saturated carbocycles. The fourth-order valence-corrected chi connectivity index (χ4v) is 1.43. The van der Waals surface area contributed by atoms with Crippen molar-refractivity contribution < 1.29 is 35.1 Å². The number of hydrogen-bond acceptors (Lipinski definition) is 0. The maximum atomic E-state index is 12.5. The summed E-state index contributed by atoms with van der Waals surface area (Å²) in [6, 6.07) is 0. The van der Waals surface area contributed by atoms with Crippen LogP contribution in [0.2, 0.25) is 0 Å². The van der Waals surface area contributed by atoms with E-state index in [9.17, 15) is 35.1 Å². The molecule has 88 valence electrons. The van der Waals surface area contributed by atoms with Crippen molar-refractivity contribution in [2.45, 2.75) is 23.7 Å². The largest absolute Gasteiger partial charge is 0.383 e. The van der Waals surface area contributed by atoms with Gasteiger partial charge in [-0.2, -0.15) is 35.1 Å². The van der Waals surface area contributed by atoms with Crippen molar-refractivity contribution in [3.8, 4) is 0 Å². The quantitative estimate of drug-likeness (QED) is 0.597. The first kappa shape index (κ1) is 12.7. The van der Waals surface area contributed by atoms with Crippen molar-refractivity contribution >= 4 is 15.9 Å². The standard InChI is InChI=1S/C6HBrF8/c7-2-1-3(8,9)5(12,13)6(14,15)4(2,10)11/h1H. The lowest BCUT2D eigenvalue weighted by atomic mass is 9.92. The molecule has 0 unspecified atom stereocenters. The Bertz CT molecular complexity index is 317. The van der Waals surface area contributed by atoms with E-state index >= 15 is 0 Å². The van der Waals surface area contributed by atoms with Crippen LogP contribution >= 0.6 is 15.9 Å². The van der Waals surface area contributed by atoms with Crippen LogP contribution in [0.15, 0.2) is 10.6 Å². The molecule has 0 fully saturated rings. The van der Waals surface area contributed by atoms with Crippen LogP contribution in [0.25, 0.3) is 0 Å². The van der Waals surface area contributed by atoms with Crippen molar-refractivity contribution in [3.63, 3.8) is 0 Å². The van der Waals surface area contributed by atoms with Gasteiger partial charge in [-0.05, 0) is 15.9 Å². The summed E-state index contributed by atoms with van der Waals surface area (Å²) >= 11 is 1.73. The van der Waals surface area contributed by atoms with Gasteiger partial charge < -0.3 is 0 Å². The first-order valence-electron chi connectivity index (χ1n) is 3.28. The predicted molar refractivity (Wildman–Crippen MR) is 36.8 cm³/mol. The fraction of sp³-hybridized carbons (Fsp3) is 0.667. The van der Waals surface area contributed by atoms with Gasteiger partial charge in [0, 0.05) is 6.08 Å². The average molecular weight is 305 g/mol. The van der Waals surface area contributed by atoms with Gasteiger partial charge in [0.2, 0.25) is 0 Å². The molecule has 0 aliphatic heterocycles. The number of allylic oxidation sites excluding steroid dienone is 2. The highest BCUT2D eigenvalue weighted by Gasteiger charge is 2.83. The normalized spacial score (nSPS) is 30.9. The van der Waals surface area contributed by atoms with Crippen LogP contribution < -0.4 is 0 Å². The highest BCUT2D eigenvalue weighted by molar-refractivity contribution is 9.11.